The molecule has 0 saturated carbocycles. The number of ether oxygens (including phenoxy) is 1. The van der Waals surface area contributed by atoms with Crippen molar-refractivity contribution in [3.8, 4) is 0 Å². The van der Waals surface area contributed by atoms with Gasteiger partial charge in [0.25, 0.3) is 0 Å². The van der Waals surface area contributed by atoms with Gasteiger partial charge in [0.05, 0.1) is 26.0 Å². The molecule has 2 aromatic rings. The average Bonchev–Trinajstić information content (AvgIpc) is 2.89. The van der Waals surface area contributed by atoms with Crippen LogP contribution in [-0.4, -0.2) is 38.2 Å². The molecule has 2 aromatic heterocycles. The van der Waals surface area contributed by atoms with E-state index < -0.39 is 5.97 Å². The summed E-state index contributed by atoms with van der Waals surface area (Å²) in [6.07, 6.45) is 4.25. The number of hydrogen-bond donors (Lipinski definition) is 2. The number of methoxy groups -OCH3 is 1. The minimum atomic E-state index is -0.527. The Bertz CT molecular complexity index is 498. The van der Waals surface area contributed by atoms with E-state index in [1.54, 1.807) is 0 Å². The zero-order chi connectivity index (χ0) is 12.1. The third-order valence-corrected chi connectivity index (χ3v) is 1.93. The van der Waals surface area contributed by atoms with Crippen LogP contribution in [0.4, 0.5) is 5.82 Å². The minimum Gasteiger partial charge on any atom is -0.464 e. The van der Waals surface area contributed by atoms with E-state index in [1.807, 2.05) is 0 Å². The predicted octanol–water partition coefficient (Wildman–Crippen LogP) is -0.00660. The summed E-state index contributed by atoms with van der Waals surface area (Å²) in [6, 6.07) is 0. The number of aromatic amines is 1. The summed E-state index contributed by atoms with van der Waals surface area (Å²) in [7, 11) is 1.29. The zero-order valence-electron chi connectivity index (χ0n) is 9.04. The number of hydrogen-bond acceptors (Lipinski definition) is 7. The van der Waals surface area contributed by atoms with E-state index in [1.165, 1.54) is 25.8 Å². The van der Waals surface area contributed by atoms with Crippen LogP contribution in [0.1, 0.15) is 16.3 Å². The number of carbonyl (C=O) groups excluding carboxylic acids is 1. The first-order valence-corrected chi connectivity index (χ1v) is 4.78. The molecule has 8 nitrogen and oxygen atoms in total. The number of esters is 1. The van der Waals surface area contributed by atoms with Gasteiger partial charge in [0.15, 0.2) is 5.69 Å². The molecular weight excluding hydrogens is 224 g/mol. The summed E-state index contributed by atoms with van der Waals surface area (Å²) >= 11 is 0. The third-order valence-electron chi connectivity index (χ3n) is 1.93. The van der Waals surface area contributed by atoms with Gasteiger partial charge in [-0.15, -0.1) is 0 Å². The minimum absolute atomic E-state index is 0.148. The molecule has 8 heteroatoms. The van der Waals surface area contributed by atoms with E-state index in [-0.39, 0.29) is 5.69 Å². The molecule has 0 fully saturated rings. The number of nitrogens with one attached hydrogen (secondary N) is 2. The van der Waals surface area contributed by atoms with Crippen LogP contribution in [0.15, 0.2) is 18.7 Å². The molecule has 0 saturated heterocycles. The Hall–Kier alpha value is -2.51. The Morgan fingerprint density at radius 1 is 1.53 bits per heavy atom. The molecule has 0 aliphatic rings. The van der Waals surface area contributed by atoms with Crippen LogP contribution >= 0.6 is 0 Å². The number of rotatable bonds is 4. The molecule has 0 amide bonds. The highest BCUT2D eigenvalue weighted by Crippen LogP contribution is 2.04. The van der Waals surface area contributed by atoms with E-state index in [4.69, 9.17) is 0 Å². The lowest BCUT2D eigenvalue weighted by Gasteiger charge is -2.04. The molecule has 0 unspecified atom stereocenters. The predicted molar refractivity (Wildman–Crippen MR) is 57.1 cm³/mol. The molecule has 0 aliphatic heterocycles. The van der Waals surface area contributed by atoms with Crippen LogP contribution in [-0.2, 0) is 11.3 Å². The van der Waals surface area contributed by atoms with Gasteiger partial charge >= 0.3 is 5.97 Å². The molecule has 2 N–H and O–H groups in total. The number of aromatic nitrogens is 5. The highest BCUT2D eigenvalue weighted by Gasteiger charge is 2.08. The van der Waals surface area contributed by atoms with E-state index in [0.717, 1.165) is 0 Å². The summed E-state index contributed by atoms with van der Waals surface area (Å²) in [5.41, 5.74) is 0.148. The highest BCUT2D eigenvalue weighted by molar-refractivity contribution is 5.87. The van der Waals surface area contributed by atoms with E-state index in [0.29, 0.717) is 18.2 Å². The topological polar surface area (TPSA) is 106 Å². The molecule has 0 spiro atoms. The van der Waals surface area contributed by atoms with Crippen molar-refractivity contribution in [1.29, 1.82) is 0 Å². The van der Waals surface area contributed by atoms with Gasteiger partial charge in [-0.2, -0.15) is 5.10 Å². The van der Waals surface area contributed by atoms with Crippen molar-refractivity contribution in [2.24, 2.45) is 0 Å². The maximum absolute atomic E-state index is 11.2. The van der Waals surface area contributed by atoms with Gasteiger partial charge in [-0.05, 0) is 0 Å². The molecule has 2 rings (SSSR count). The van der Waals surface area contributed by atoms with Gasteiger partial charge in [-0.3, -0.25) is 10.1 Å². The third kappa shape index (κ3) is 2.74. The summed E-state index contributed by atoms with van der Waals surface area (Å²) < 4.78 is 4.54. The summed E-state index contributed by atoms with van der Waals surface area (Å²) in [4.78, 5) is 23.1. The fourth-order valence-corrected chi connectivity index (χ4v) is 1.14. The fraction of sp³-hybridized carbons (Fsp3) is 0.222. The maximum Gasteiger partial charge on any atom is 0.358 e. The highest BCUT2D eigenvalue weighted by atomic mass is 16.5. The zero-order valence-corrected chi connectivity index (χ0v) is 9.04. The first kappa shape index (κ1) is 11.0. The molecule has 0 aliphatic carbocycles. The van der Waals surface area contributed by atoms with Crippen molar-refractivity contribution in [1.82, 2.24) is 25.1 Å². The molecule has 0 atom stereocenters. The summed E-state index contributed by atoms with van der Waals surface area (Å²) in [5, 5.41) is 9.35. The molecule has 0 aromatic carbocycles. The maximum atomic E-state index is 11.2. The first-order valence-electron chi connectivity index (χ1n) is 4.78. The monoisotopic (exact) mass is 234 g/mol. The van der Waals surface area contributed by atoms with Crippen molar-refractivity contribution < 1.29 is 9.53 Å². The van der Waals surface area contributed by atoms with Crippen molar-refractivity contribution in [2.75, 3.05) is 12.4 Å². The van der Waals surface area contributed by atoms with Gasteiger partial charge in [-0.25, -0.2) is 14.8 Å². The molecule has 88 valence electrons. The largest absolute Gasteiger partial charge is 0.464 e. The van der Waals surface area contributed by atoms with Crippen LogP contribution in [0.3, 0.4) is 0 Å². The summed E-state index contributed by atoms with van der Waals surface area (Å²) in [5.74, 6) is 0.598. The summed E-state index contributed by atoms with van der Waals surface area (Å²) in [6.45, 7) is 0.416. The van der Waals surface area contributed by atoms with Gasteiger partial charge in [0.2, 0.25) is 0 Å². The Morgan fingerprint density at radius 3 is 3.12 bits per heavy atom. The first-order chi connectivity index (χ1) is 8.29. The quantitative estimate of drug-likeness (QED) is 0.717. The molecule has 2 heterocycles. The standard InChI is InChI=1S/C9H10N6O2/c1-17-9(16)6-2-10-3-7(14-6)11-4-8-12-5-13-15-8/h2-3,5H,4H2,1H3,(H,11,14)(H,12,13,15). The second kappa shape index (κ2) is 5.01. The lowest BCUT2D eigenvalue weighted by atomic mass is 10.4. The molecule has 0 radical (unpaired) electrons. The van der Waals surface area contributed by atoms with Gasteiger partial charge < -0.3 is 10.1 Å². The lowest BCUT2D eigenvalue weighted by molar-refractivity contribution is 0.0593. The molecular formula is C9H10N6O2. The van der Waals surface area contributed by atoms with Gasteiger partial charge in [0.1, 0.15) is 18.0 Å². The molecule has 0 bridgehead atoms. The van der Waals surface area contributed by atoms with E-state index in [2.05, 4.69) is 35.2 Å². The number of anilines is 1. The Balaban J connectivity index is 2.03. The molecule has 17 heavy (non-hydrogen) atoms. The lowest BCUT2D eigenvalue weighted by Crippen LogP contribution is -2.09. The second-order valence-electron chi connectivity index (χ2n) is 3.07. The van der Waals surface area contributed by atoms with Gasteiger partial charge in [0, 0.05) is 0 Å². The Labute approximate surface area is 96.5 Å². The second-order valence-corrected chi connectivity index (χ2v) is 3.07. The number of H-pyrrole nitrogens is 1. The van der Waals surface area contributed by atoms with Crippen LogP contribution in [0.25, 0.3) is 0 Å². The Kier molecular flexibility index (Phi) is 3.24. The fourth-order valence-electron chi connectivity index (χ4n) is 1.14. The smallest absolute Gasteiger partial charge is 0.358 e. The van der Waals surface area contributed by atoms with Crippen LogP contribution in [0.5, 0.6) is 0 Å². The van der Waals surface area contributed by atoms with Crippen molar-refractivity contribution in [2.45, 2.75) is 6.54 Å². The number of nitrogens with zero attached hydrogens (tertiary/aromatic N) is 4. The van der Waals surface area contributed by atoms with Crippen molar-refractivity contribution >= 4 is 11.8 Å². The number of carbonyl (C=O) groups is 1. The van der Waals surface area contributed by atoms with E-state index >= 15 is 0 Å². The average molecular weight is 234 g/mol. The van der Waals surface area contributed by atoms with E-state index in [9.17, 15) is 4.79 Å². The van der Waals surface area contributed by atoms with Crippen molar-refractivity contribution in [3.05, 3.63) is 30.2 Å². The van der Waals surface area contributed by atoms with Crippen LogP contribution in [0, 0.1) is 0 Å². The Morgan fingerprint density at radius 2 is 2.41 bits per heavy atom. The van der Waals surface area contributed by atoms with Crippen LogP contribution in [0.2, 0.25) is 0 Å². The SMILES string of the molecule is COC(=O)c1cncc(NCc2ncn[nH]2)n1. The van der Waals surface area contributed by atoms with Crippen LogP contribution < -0.4 is 5.32 Å². The normalized spacial score (nSPS) is 9.94. The van der Waals surface area contributed by atoms with Gasteiger partial charge in [-0.1, -0.05) is 0 Å². The van der Waals surface area contributed by atoms with Crippen molar-refractivity contribution in [3.63, 3.8) is 0 Å².